The number of amides is 1. The molecule has 0 aromatic carbocycles. The van der Waals surface area contributed by atoms with Gasteiger partial charge in [-0.15, -0.1) is 10.2 Å². The number of hydrogen-bond donors (Lipinski definition) is 2. The van der Waals surface area contributed by atoms with Crippen molar-refractivity contribution < 1.29 is 9.90 Å². The van der Waals surface area contributed by atoms with Gasteiger partial charge in [0.2, 0.25) is 0 Å². The Kier molecular flexibility index (Phi) is 6.55. The SMILES string of the molecule is C[C@H](CO)n1cnnc1-c1cccc(NC(=O)c2cc3c(cn2)CCN(Cc2ccccn2)C3)n1. The van der Waals surface area contributed by atoms with E-state index < -0.39 is 0 Å². The van der Waals surface area contributed by atoms with Crippen molar-refractivity contribution in [2.45, 2.75) is 32.5 Å². The first kappa shape index (κ1) is 22.8. The van der Waals surface area contributed by atoms with Crippen LogP contribution in [0.4, 0.5) is 5.82 Å². The molecule has 0 fully saturated rings. The van der Waals surface area contributed by atoms with E-state index in [0.29, 0.717) is 23.0 Å². The van der Waals surface area contributed by atoms with Crippen LogP contribution in [0.25, 0.3) is 11.5 Å². The number of aromatic nitrogens is 6. The predicted molar refractivity (Wildman–Crippen MR) is 129 cm³/mol. The number of carbonyl (C=O) groups is 1. The maximum atomic E-state index is 13.0. The fourth-order valence-electron chi connectivity index (χ4n) is 4.12. The lowest BCUT2D eigenvalue weighted by molar-refractivity contribution is 0.102. The third-order valence-electron chi connectivity index (χ3n) is 6.05. The fourth-order valence-corrected chi connectivity index (χ4v) is 4.12. The van der Waals surface area contributed by atoms with E-state index in [4.69, 9.17) is 0 Å². The summed E-state index contributed by atoms with van der Waals surface area (Å²) in [4.78, 5) is 28.6. The molecule has 35 heavy (non-hydrogen) atoms. The van der Waals surface area contributed by atoms with Gasteiger partial charge in [0, 0.05) is 32.0 Å². The molecular formula is C25H26N8O2. The Labute approximate surface area is 202 Å². The van der Waals surface area contributed by atoms with Crippen molar-refractivity contribution in [3.05, 3.63) is 83.7 Å². The van der Waals surface area contributed by atoms with E-state index in [1.54, 1.807) is 41.5 Å². The van der Waals surface area contributed by atoms with Crippen LogP contribution in [0, 0.1) is 0 Å². The van der Waals surface area contributed by atoms with Crippen LogP contribution in [-0.4, -0.2) is 58.8 Å². The zero-order valence-corrected chi connectivity index (χ0v) is 19.4. The maximum Gasteiger partial charge on any atom is 0.275 e. The van der Waals surface area contributed by atoms with Gasteiger partial charge in [-0.05, 0) is 54.8 Å². The highest BCUT2D eigenvalue weighted by atomic mass is 16.3. The summed E-state index contributed by atoms with van der Waals surface area (Å²) in [6, 6.07) is 12.9. The minimum absolute atomic E-state index is 0.0508. The molecule has 1 amide bonds. The first-order valence-corrected chi connectivity index (χ1v) is 11.5. The molecule has 0 spiro atoms. The van der Waals surface area contributed by atoms with Crippen molar-refractivity contribution in [2.75, 3.05) is 18.5 Å². The second-order valence-electron chi connectivity index (χ2n) is 8.58. The average molecular weight is 471 g/mol. The monoisotopic (exact) mass is 470 g/mol. The lowest BCUT2D eigenvalue weighted by Crippen LogP contribution is -2.31. The molecule has 0 radical (unpaired) electrons. The fraction of sp³-hybridized carbons (Fsp3) is 0.280. The molecule has 0 saturated heterocycles. The second kappa shape index (κ2) is 10.1. The van der Waals surface area contributed by atoms with Crippen LogP contribution in [0.5, 0.6) is 0 Å². The summed E-state index contributed by atoms with van der Waals surface area (Å²) in [5.41, 5.74) is 4.17. The molecular weight excluding hydrogens is 444 g/mol. The first-order valence-electron chi connectivity index (χ1n) is 11.5. The minimum Gasteiger partial charge on any atom is -0.394 e. The quantitative estimate of drug-likeness (QED) is 0.423. The number of nitrogens with zero attached hydrogens (tertiary/aromatic N) is 7. The highest BCUT2D eigenvalue weighted by Gasteiger charge is 2.20. The Morgan fingerprint density at radius 2 is 2.09 bits per heavy atom. The molecule has 0 aliphatic carbocycles. The molecule has 4 aromatic rings. The lowest BCUT2D eigenvalue weighted by atomic mass is 10.0. The van der Waals surface area contributed by atoms with E-state index in [1.165, 1.54) is 0 Å². The zero-order chi connectivity index (χ0) is 24.2. The van der Waals surface area contributed by atoms with Crippen molar-refractivity contribution in [1.29, 1.82) is 0 Å². The molecule has 5 rings (SSSR count). The van der Waals surface area contributed by atoms with Crippen molar-refractivity contribution >= 4 is 11.7 Å². The number of rotatable bonds is 7. The van der Waals surface area contributed by atoms with E-state index in [0.717, 1.165) is 42.9 Å². The average Bonchev–Trinajstić information content (AvgIpc) is 3.39. The molecule has 2 N–H and O–H groups in total. The summed E-state index contributed by atoms with van der Waals surface area (Å²) in [5, 5.41) is 20.4. The Balaban J connectivity index is 1.30. The number of nitrogens with one attached hydrogen (secondary N) is 1. The Morgan fingerprint density at radius 1 is 1.17 bits per heavy atom. The number of anilines is 1. The Hall–Kier alpha value is -4.02. The molecule has 0 bridgehead atoms. The summed E-state index contributed by atoms with van der Waals surface area (Å²) >= 11 is 0. The third-order valence-corrected chi connectivity index (χ3v) is 6.05. The van der Waals surface area contributed by atoms with Crippen LogP contribution in [0.2, 0.25) is 0 Å². The lowest BCUT2D eigenvalue weighted by Gasteiger charge is -2.28. The number of hydrogen-bond acceptors (Lipinski definition) is 8. The highest BCUT2D eigenvalue weighted by Crippen LogP contribution is 2.22. The normalized spacial score (nSPS) is 14.3. The van der Waals surface area contributed by atoms with Gasteiger partial charge in [0.15, 0.2) is 5.82 Å². The number of carbonyl (C=O) groups excluding carboxylic acids is 1. The molecule has 4 aromatic heterocycles. The molecule has 1 atom stereocenters. The minimum atomic E-state index is -0.329. The molecule has 10 nitrogen and oxygen atoms in total. The van der Waals surface area contributed by atoms with Crippen LogP contribution in [0.3, 0.4) is 0 Å². The summed E-state index contributed by atoms with van der Waals surface area (Å²) in [5.74, 6) is 0.571. The molecule has 1 aliphatic rings. The summed E-state index contributed by atoms with van der Waals surface area (Å²) in [7, 11) is 0. The van der Waals surface area contributed by atoms with Gasteiger partial charge in [-0.2, -0.15) is 0 Å². The smallest absolute Gasteiger partial charge is 0.275 e. The number of fused-ring (bicyclic) bond motifs is 1. The number of aliphatic hydroxyl groups is 1. The van der Waals surface area contributed by atoms with Gasteiger partial charge in [-0.3, -0.25) is 19.7 Å². The maximum absolute atomic E-state index is 13.0. The van der Waals surface area contributed by atoms with Gasteiger partial charge in [0.25, 0.3) is 5.91 Å². The van der Waals surface area contributed by atoms with E-state index in [2.05, 4.69) is 35.4 Å². The van der Waals surface area contributed by atoms with Crippen molar-refractivity contribution in [3.63, 3.8) is 0 Å². The highest BCUT2D eigenvalue weighted by molar-refractivity contribution is 6.02. The van der Waals surface area contributed by atoms with Gasteiger partial charge in [0.05, 0.1) is 18.3 Å². The zero-order valence-electron chi connectivity index (χ0n) is 19.4. The molecule has 178 valence electrons. The summed E-state index contributed by atoms with van der Waals surface area (Å²) in [6.07, 6.45) is 6.04. The van der Waals surface area contributed by atoms with Crippen molar-refractivity contribution in [1.82, 2.24) is 34.6 Å². The summed E-state index contributed by atoms with van der Waals surface area (Å²) in [6.45, 7) is 4.23. The number of pyridine rings is 3. The van der Waals surface area contributed by atoms with Crippen molar-refractivity contribution in [2.24, 2.45) is 0 Å². The van der Waals surface area contributed by atoms with Gasteiger partial charge in [0.1, 0.15) is 23.5 Å². The largest absolute Gasteiger partial charge is 0.394 e. The van der Waals surface area contributed by atoms with Gasteiger partial charge in [-0.25, -0.2) is 4.98 Å². The Bertz CT molecular complexity index is 1320. The van der Waals surface area contributed by atoms with Crippen LogP contribution < -0.4 is 5.32 Å². The van der Waals surface area contributed by atoms with Gasteiger partial charge < -0.3 is 15.0 Å². The van der Waals surface area contributed by atoms with Crippen LogP contribution in [-0.2, 0) is 19.5 Å². The molecule has 0 saturated carbocycles. The van der Waals surface area contributed by atoms with Crippen LogP contribution in [0.1, 0.15) is 40.3 Å². The van der Waals surface area contributed by atoms with Gasteiger partial charge in [-0.1, -0.05) is 12.1 Å². The van der Waals surface area contributed by atoms with Crippen LogP contribution >= 0.6 is 0 Å². The number of aliphatic hydroxyl groups excluding tert-OH is 1. The molecule has 0 unspecified atom stereocenters. The Morgan fingerprint density at radius 3 is 2.91 bits per heavy atom. The molecule has 10 heteroatoms. The molecule has 1 aliphatic heterocycles. The first-order chi connectivity index (χ1) is 17.1. The predicted octanol–water partition coefficient (Wildman–Crippen LogP) is 2.49. The van der Waals surface area contributed by atoms with E-state index in [9.17, 15) is 9.90 Å². The van der Waals surface area contributed by atoms with E-state index >= 15 is 0 Å². The van der Waals surface area contributed by atoms with Crippen LogP contribution in [0.15, 0.2) is 61.2 Å². The summed E-state index contributed by atoms with van der Waals surface area (Å²) < 4.78 is 1.75. The molecule has 5 heterocycles. The third kappa shape index (κ3) is 5.08. The second-order valence-corrected chi connectivity index (χ2v) is 8.58. The van der Waals surface area contributed by atoms with E-state index in [1.807, 2.05) is 31.2 Å². The van der Waals surface area contributed by atoms with E-state index in [-0.39, 0.29) is 18.6 Å². The standard InChI is InChI=1S/C25H26N8O2/c1-17(15-34)33-16-28-31-24(33)21-6-4-7-23(29-21)30-25(35)22-11-19-13-32(10-8-18(19)12-27-22)14-20-5-2-3-9-26-20/h2-7,9,11-12,16-17,34H,8,10,13-15H2,1H3,(H,29,30,35)/t17-/m1/s1. The topological polar surface area (TPSA) is 122 Å². The van der Waals surface area contributed by atoms with Crippen molar-refractivity contribution in [3.8, 4) is 11.5 Å². The van der Waals surface area contributed by atoms with Gasteiger partial charge >= 0.3 is 0 Å².